The number of benzene rings is 2. The molecule has 6 heteroatoms. The number of anilines is 1. The summed E-state index contributed by atoms with van der Waals surface area (Å²) in [6.45, 7) is 2.08. The number of nitrogens with zero attached hydrogens (tertiary/aromatic N) is 1. The fraction of sp³-hybridized carbons (Fsp3) is 0.269. The van der Waals surface area contributed by atoms with Crippen LogP contribution in [-0.2, 0) is 24.2 Å². The molecule has 0 spiro atoms. The molecule has 0 saturated carbocycles. The van der Waals surface area contributed by atoms with Crippen molar-refractivity contribution >= 4 is 17.5 Å². The van der Waals surface area contributed by atoms with Gasteiger partial charge in [0.2, 0.25) is 0 Å². The van der Waals surface area contributed by atoms with Gasteiger partial charge in [0.15, 0.2) is 6.10 Å². The van der Waals surface area contributed by atoms with Crippen LogP contribution in [0.15, 0.2) is 67.0 Å². The number of hydrogen-bond donors (Lipinski definition) is 2. The van der Waals surface area contributed by atoms with Crippen LogP contribution in [0.1, 0.15) is 46.8 Å². The number of para-hydroxylation sites is 1. The molecule has 0 bridgehead atoms. The number of aromatic nitrogens is 1. The number of nitrogens with one attached hydrogen (secondary N) is 2. The van der Waals surface area contributed by atoms with E-state index in [2.05, 4.69) is 21.7 Å². The highest BCUT2D eigenvalue weighted by Gasteiger charge is 2.21. The molecule has 1 aliphatic carbocycles. The van der Waals surface area contributed by atoms with Crippen LogP contribution >= 0.6 is 0 Å². The van der Waals surface area contributed by atoms with Gasteiger partial charge < -0.3 is 15.4 Å². The highest BCUT2D eigenvalue weighted by atomic mass is 16.5. The normalized spacial score (nSPS) is 13.5. The quantitative estimate of drug-likeness (QED) is 0.587. The maximum absolute atomic E-state index is 12.9. The molecule has 2 N–H and O–H groups in total. The topological polar surface area (TPSA) is 80.3 Å². The van der Waals surface area contributed by atoms with E-state index >= 15 is 0 Å². The van der Waals surface area contributed by atoms with Gasteiger partial charge in [0, 0.05) is 18.9 Å². The van der Waals surface area contributed by atoms with Crippen LogP contribution in [0.25, 0.3) is 0 Å². The Morgan fingerprint density at radius 3 is 2.72 bits per heavy atom. The zero-order valence-electron chi connectivity index (χ0n) is 18.1. The molecule has 0 aliphatic heterocycles. The molecular formula is C26H27N3O3. The molecule has 0 radical (unpaired) electrons. The summed E-state index contributed by atoms with van der Waals surface area (Å²) >= 11 is 0. The Balaban J connectivity index is 1.42. The third-order valence-corrected chi connectivity index (χ3v) is 5.63. The van der Waals surface area contributed by atoms with E-state index < -0.39 is 6.10 Å². The van der Waals surface area contributed by atoms with Crippen LogP contribution < -0.4 is 15.4 Å². The zero-order chi connectivity index (χ0) is 22.3. The zero-order valence-corrected chi connectivity index (χ0v) is 18.1. The van der Waals surface area contributed by atoms with E-state index in [1.807, 2.05) is 24.3 Å². The number of pyridine rings is 1. The summed E-state index contributed by atoms with van der Waals surface area (Å²) in [4.78, 5) is 29.6. The minimum Gasteiger partial charge on any atom is -0.481 e. The van der Waals surface area contributed by atoms with Crippen LogP contribution in [0.2, 0.25) is 0 Å². The molecule has 1 heterocycles. The first-order valence-electron chi connectivity index (χ1n) is 11.0. The molecular weight excluding hydrogens is 402 g/mol. The summed E-state index contributed by atoms with van der Waals surface area (Å²) in [5, 5.41) is 5.72. The molecule has 1 atom stereocenters. The largest absolute Gasteiger partial charge is 0.481 e. The summed E-state index contributed by atoms with van der Waals surface area (Å²) < 4.78 is 6.03. The highest BCUT2D eigenvalue weighted by Crippen LogP contribution is 2.30. The van der Waals surface area contributed by atoms with Gasteiger partial charge in [-0.25, -0.2) is 0 Å². The van der Waals surface area contributed by atoms with Gasteiger partial charge in [0.25, 0.3) is 11.8 Å². The molecule has 2 aromatic carbocycles. The molecule has 6 nitrogen and oxygen atoms in total. The lowest BCUT2D eigenvalue weighted by Crippen LogP contribution is -2.32. The van der Waals surface area contributed by atoms with Gasteiger partial charge in [0.05, 0.1) is 11.3 Å². The van der Waals surface area contributed by atoms with Gasteiger partial charge in [-0.1, -0.05) is 30.3 Å². The van der Waals surface area contributed by atoms with Crippen molar-refractivity contribution in [3.05, 3.63) is 89.2 Å². The molecule has 3 aromatic rings. The number of amides is 2. The summed E-state index contributed by atoms with van der Waals surface area (Å²) in [6, 6.07) is 16.7. The molecule has 2 amide bonds. The second-order valence-corrected chi connectivity index (χ2v) is 7.94. The Labute approximate surface area is 188 Å². The molecule has 164 valence electrons. The monoisotopic (exact) mass is 429 g/mol. The average Bonchev–Trinajstić information content (AvgIpc) is 2.83. The number of aryl methyl sites for hydroxylation is 1. The standard InChI is InChI=1S/C26H27N3O3/c1-18(32-24-14-6-10-20-9-2-3-11-21(20)24)25(30)29-23-13-5-4-12-22(23)26(31)28-17-19-8-7-15-27-16-19/h4-8,10,12-16,18H,2-3,9,11,17H2,1H3,(H,28,31)(H,29,30). The van der Waals surface area contributed by atoms with Crippen molar-refractivity contribution in [2.75, 3.05) is 5.32 Å². The molecule has 0 fully saturated rings. The minimum atomic E-state index is -0.699. The number of ether oxygens (including phenoxy) is 1. The number of fused-ring (bicyclic) bond motifs is 1. The summed E-state index contributed by atoms with van der Waals surface area (Å²) in [5.41, 5.74) is 4.25. The summed E-state index contributed by atoms with van der Waals surface area (Å²) in [6.07, 6.45) is 7.03. The number of carbonyl (C=O) groups is 2. The molecule has 32 heavy (non-hydrogen) atoms. The first kappa shape index (κ1) is 21.6. The van der Waals surface area contributed by atoms with Crippen molar-refractivity contribution in [1.82, 2.24) is 10.3 Å². The fourth-order valence-corrected chi connectivity index (χ4v) is 3.91. The van der Waals surface area contributed by atoms with E-state index in [-0.39, 0.29) is 11.8 Å². The third-order valence-electron chi connectivity index (χ3n) is 5.63. The van der Waals surface area contributed by atoms with Gasteiger partial charge in [-0.05, 0) is 73.6 Å². The maximum Gasteiger partial charge on any atom is 0.265 e. The minimum absolute atomic E-state index is 0.268. The Morgan fingerprint density at radius 2 is 1.88 bits per heavy atom. The van der Waals surface area contributed by atoms with E-state index in [1.165, 1.54) is 17.5 Å². The Hall–Kier alpha value is -3.67. The van der Waals surface area contributed by atoms with Gasteiger partial charge in [-0.2, -0.15) is 0 Å². The van der Waals surface area contributed by atoms with Crippen molar-refractivity contribution in [2.45, 2.75) is 45.3 Å². The molecule has 0 saturated heterocycles. The van der Waals surface area contributed by atoms with E-state index in [4.69, 9.17) is 4.74 Å². The predicted molar refractivity (Wildman–Crippen MR) is 124 cm³/mol. The second-order valence-electron chi connectivity index (χ2n) is 7.94. The Morgan fingerprint density at radius 1 is 1.03 bits per heavy atom. The van der Waals surface area contributed by atoms with Crippen LogP contribution in [0.4, 0.5) is 5.69 Å². The van der Waals surface area contributed by atoms with Gasteiger partial charge in [-0.15, -0.1) is 0 Å². The predicted octanol–water partition coefficient (Wildman–Crippen LogP) is 4.30. The Bertz CT molecular complexity index is 1100. The third kappa shape index (κ3) is 5.14. The van der Waals surface area contributed by atoms with E-state index in [1.54, 1.807) is 43.6 Å². The highest BCUT2D eigenvalue weighted by molar-refractivity contribution is 6.04. The summed E-state index contributed by atoms with van der Waals surface area (Å²) in [7, 11) is 0. The van der Waals surface area contributed by atoms with E-state index in [0.717, 1.165) is 30.6 Å². The van der Waals surface area contributed by atoms with Crippen molar-refractivity contribution in [3.8, 4) is 5.75 Å². The second kappa shape index (κ2) is 10.1. The number of rotatable bonds is 7. The first-order chi connectivity index (χ1) is 15.6. The smallest absolute Gasteiger partial charge is 0.265 e. The van der Waals surface area contributed by atoms with Crippen molar-refractivity contribution in [1.29, 1.82) is 0 Å². The first-order valence-corrected chi connectivity index (χ1v) is 11.0. The number of carbonyl (C=O) groups excluding carboxylic acids is 2. The number of hydrogen-bond acceptors (Lipinski definition) is 4. The molecule has 4 rings (SSSR count). The van der Waals surface area contributed by atoms with Gasteiger partial charge >= 0.3 is 0 Å². The average molecular weight is 430 g/mol. The maximum atomic E-state index is 12.9. The summed E-state index contributed by atoms with van der Waals surface area (Å²) in [5.74, 6) is 0.203. The van der Waals surface area contributed by atoms with Crippen molar-refractivity contribution in [2.24, 2.45) is 0 Å². The SMILES string of the molecule is CC(Oc1cccc2c1CCCC2)C(=O)Nc1ccccc1C(=O)NCc1cccnc1. The van der Waals surface area contributed by atoms with Crippen molar-refractivity contribution < 1.29 is 14.3 Å². The van der Waals surface area contributed by atoms with E-state index in [9.17, 15) is 9.59 Å². The molecule has 1 aliphatic rings. The molecule has 1 unspecified atom stereocenters. The van der Waals surface area contributed by atoms with E-state index in [0.29, 0.717) is 17.8 Å². The van der Waals surface area contributed by atoms with Crippen LogP contribution in [0.5, 0.6) is 5.75 Å². The van der Waals surface area contributed by atoms with Crippen LogP contribution in [-0.4, -0.2) is 22.9 Å². The Kier molecular flexibility index (Phi) is 6.80. The van der Waals surface area contributed by atoms with Gasteiger partial charge in [-0.3, -0.25) is 14.6 Å². The van der Waals surface area contributed by atoms with Gasteiger partial charge in [0.1, 0.15) is 5.75 Å². The lowest BCUT2D eigenvalue weighted by atomic mass is 9.91. The lowest BCUT2D eigenvalue weighted by molar-refractivity contribution is -0.122. The van der Waals surface area contributed by atoms with Crippen LogP contribution in [0, 0.1) is 0 Å². The lowest BCUT2D eigenvalue weighted by Gasteiger charge is -2.22. The molecule has 1 aromatic heterocycles. The van der Waals surface area contributed by atoms with Crippen LogP contribution in [0.3, 0.4) is 0 Å². The van der Waals surface area contributed by atoms with Crippen molar-refractivity contribution in [3.63, 3.8) is 0 Å². The fourth-order valence-electron chi connectivity index (χ4n) is 3.91.